The molecule has 0 aliphatic rings. The molecule has 0 aliphatic carbocycles. The average Bonchev–Trinajstić information content (AvgIpc) is 3.23. The Labute approximate surface area is 193 Å². The highest BCUT2D eigenvalue weighted by Crippen LogP contribution is 2.40. The third kappa shape index (κ3) is 4.06. The van der Waals surface area contributed by atoms with Crippen LogP contribution in [0.15, 0.2) is 72.8 Å². The second-order valence-corrected chi connectivity index (χ2v) is 7.76. The van der Waals surface area contributed by atoms with Crippen LogP contribution in [-0.2, 0) is 6.42 Å². The lowest BCUT2D eigenvalue weighted by molar-refractivity contribution is 0.414. The Morgan fingerprint density at radius 1 is 0.688 bits per heavy atom. The van der Waals surface area contributed by atoms with Gasteiger partial charge in [0.25, 0.3) is 0 Å². The number of aromatic nitrogens is 1. The van der Waals surface area contributed by atoms with Crippen LogP contribution in [0.4, 0.5) is 0 Å². The summed E-state index contributed by atoms with van der Waals surface area (Å²) in [6.45, 7) is 2.16. The van der Waals surface area contributed by atoms with Crippen LogP contribution in [0.25, 0.3) is 28.1 Å². The lowest BCUT2D eigenvalue weighted by Gasteiger charge is -2.15. The van der Waals surface area contributed by atoms with Crippen LogP contribution in [0, 0.1) is 0 Å². The summed E-state index contributed by atoms with van der Waals surface area (Å²) >= 11 is 6.68. The van der Waals surface area contributed by atoms with Gasteiger partial charge in [0.05, 0.1) is 32.0 Å². The molecule has 4 aromatic rings. The lowest BCUT2D eigenvalue weighted by Crippen LogP contribution is -2.02. The van der Waals surface area contributed by atoms with Gasteiger partial charge in [-0.3, -0.25) is 0 Å². The molecule has 0 spiro atoms. The molecule has 3 aromatic carbocycles. The zero-order chi connectivity index (χ0) is 22.7. The number of halogens is 1. The molecule has 0 fully saturated rings. The minimum absolute atomic E-state index is 0.659. The highest BCUT2D eigenvalue weighted by atomic mass is 35.5. The van der Waals surface area contributed by atoms with E-state index < -0.39 is 0 Å². The van der Waals surface area contributed by atoms with Crippen molar-refractivity contribution in [2.24, 2.45) is 0 Å². The Hall–Kier alpha value is -3.37. The van der Waals surface area contributed by atoms with E-state index in [2.05, 4.69) is 41.8 Å². The Morgan fingerprint density at radius 2 is 1.25 bits per heavy atom. The lowest BCUT2D eigenvalue weighted by atomic mass is 10.0. The first kappa shape index (κ1) is 21.8. The van der Waals surface area contributed by atoms with E-state index in [4.69, 9.17) is 25.8 Å². The molecule has 4 nitrogen and oxygen atoms in total. The van der Waals surface area contributed by atoms with Crippen LogP contribution in [0.3, 0.4) is 0 Å². The molecule has 0 N–H and O–H groups in total. The van der Waals surface area contributed by atoms with Crippen molar-refractivity contribution >= 4 is 11.6 Å². The van der Waals surface area contributed by atoms with E-state index in [9.17, 15) is 0 Å². The monoisotopic (exact) mass is 447 g/mol. The predicted octanol–water partition coefficient (Wildman–Crippen LogP) is 7.05. The highest BCUT2D eigenvalue weighted by molar-refractivity contribution is 6.33. The molecular weight excluding hydrogens is 422 g/mol. The summed E-state index contributed by atoms with van der Waals surface area (Å²) in [5.41, 5.74) is 6.48. The topological polar surface area (TPSA) is 32.6 Å². The summed E-state index contributed by atoms with van der Waals surface area (Å²) in [7, 11) is 4.99. The number of benzene rings is 3. The van der Waals surface area contributed by atoms with E-state index in [0.717, 1.165) is 51.7 Å². The summed E-state index contributed by atoms with van der Waals surface area (Å²) < 4.78 is 18.3. The molecule has 0 saturated heterocycles. The van der Waals surface area contributed by atoms with Gasteiger partial charge < -0.3 is 18.8 Å². The zero-order valence-corrected chi connectivity index (χ0v) is 19.4. The van der Waals surface area contributed by atoms with Crippen molar-refractivity contribution in [2.75, 3.05) is 21.3 Å². The smallest absolute Gasteiger partial charge is 0.120 e. The Bertz CT molecular complexity index is 1210. The van der Waals surface area contributed by atoms with Crippen molar-refractivity contribution in [3.8, 4) is 45.3 Å². The molecule has 0 radical (unpaired) electrons. The van der Waals surface area contributed by atoms with E-state index in [1.807, 2.05) is 42.5 Å². The zero-order valence-electron chi connectivity index (χ0n) is 18.7. The molecule has 0 amide bonds. The SMILES string of the molecule is CCc1c(-c2ccc(OC)cc2Cl)cc(-c2ccc(OC)cc2)n1-c1ccc(OC)cc1. The first-order chi connectivity index (χ1) is 15.6. The normalized spacial score (nSPS) is 10.8. The second kappa shape index (κ2) is 9.41. The summed E-state index contributed by atoms with van der Waals surface area (Å²) in [6, 6.07) is 24.2. The Morgan fingerprint density at radius 3 is 1.78 bits per heavy atom. The van der Waals surface area contributed by atoms with Gasteiger partial charge in [0.15, 0.2) is 0 Å². The third-order valence-corrected chi connectivity index (χ3v) is 5.93. The minimum atomic E-state index is 0.659. The Balaban J connectivity index is 1.96. The van der Waals surface area contributed by atoms with Crippen LogP contribution in [-0.4, -0.2) is 25.9 Å². The van der Waals surface area contributed by atoms with Crippen LogP contribution >= 0.6 is 11.6 Å². The quantitative estimate of drug-likeness (QED) is 0.304. The highest BCUT2D eigenvalue weighted by Gasteiger charge is 2.20. The first-order valence-corrected chi connectivity index (χ1v) is 10.8. The maximum absolute atomic E-state index is 6.68. The average molecular weight is 448 g/mol. The molecule has 1 heterocycles. The van der Waals surface area contributed by atoms with Crippen molar-refractivity contribution in [1.29, 1.82) is 0 Å². The van der Waals surface area contributed by atoms with Gasteiger partial charge in [-0.25, -0.2) is 0 Å². The van der Waals surface area contributed by atoms with Crippen LogP contribution in [0.1, 0.15) is 12.6 Å². The van der Waals surface area contributed by atoms with Crippen molar-refractivity contribution in [2.45, 2.75) is 13.3 Å². The molecule has 1 aromatic heterocycles. The van der Waals surface area contributed by atoms with Gasteiger partial charge in [-0.15, -0.1) is 0 Å². The second-order valence-electron chi connectivity index (χ2n) is 7.35. The van der Waals surface area contributed by atoms with Gasteiger partial charge in [-0.1, -0.05) is 18.5 Å². The van der Waals surface area contributed by atoms with Crippen molar-refractivity contribution in [3.63, 3.8) is 0 Å². The summed E-state index contributed by atoms with van der Waals surface area (Å²) in [5, 5.41) is 0.659. The van der Waals surface area contributed by atoms with E-state index >= 15 is 0 Å². The maximum Gasteiger partial charge on any atom is 0.120 e. The first-order valence-electron chi connectivity index (χ1n) is 10.5. The van der Waals surface area contributed by atoms with Crippen molar-refractivity contribution < 1.29 is 14.2 Å². The maximum atomic E-state index is 6.68. The van der Waals surface area contributed by atoms with Crippen molar-refractivity contribution in [1.82, 2.24) is 4.57 Å². The number of hydrogen-bond acceptors (Lipinski definition) is 3. The van der Waals surface area contributed by atoms with Crippen LogP contribution in [0.5, 0.6) is 17.2 Å². The van der Waals surface area contributed by atoms with Gasteiger partial charge in [-0.05, 0) is 84.8 Å². The molecule has 164 valence electrons. The fourth-order valence-electron chi connectivity index (χ4n) is 3.97. The molecule has 0 unspecified atom stereocenters. The largest absolute Gasteiger partial charge is 0.497 e. The molecule has 5 heteroatoms. The molecule has 4 rings (SSSR count). The molecular formula is C27H26ClNO3. The van der Waals surface area contributed by atoms with E-state index in [1.165, 1.54) is 5.69 Å². The minimum Gasteiger partial charge on any atom is -0.497 e. The van der Waals surface area contributed by atoms with Gasteiger partial charge in [0.2, 0.25) is 0 Å². The molecule has 32 heavy (non-hydrogen) atoms. The number of rotatable bonds is 7. The van der Waals surface area contributed by atoms with Gasteiger partial charge >= 0.3 is 0 Å². The van der Waals surface area contributed by atoms with E-state index in [-0.39, 0.29) is 0 Å². The standard InChI is InChI=1S/C27H26ClNO3/c1-5-26-24(23-15-14-22(32-4)16-25(23)28)17-27(18-6-10-20(30-2)11-7-18)29(26)19-8-12-21(31-3)13-9-19/h6-17H,5H2,1-4H3. The van der Waals surface area contributed by atoms with E-state index in [1.54, 1.807) is 21.3 Å². The Kier molecular flexibility index (Phi) is 6.42. The number of methoxy groups -OCH3 is 3. The summed E-state index contributed by atoms with van der Waals surface area (Å²) in [6.07, 6.45) is 0.833. The van der Waals surface area contributed by atoms with Gasteiger partial charge in [0.1, 0.15) is 17.2 Å². The van der Waals surface area contributed by atoms with Crippen LogP contribution < -0.4 is 14.2 Å². The number of ether oxygens (including phenoxy) is 3. The number of nitrogens with zero attached hydrogens (tertiary/aromatic N) is 1. The summed E-state index contributed by atoms with van der Waals surface area (Å²) in [4.78, 5) is 0. The predicted molar refractivity (Wildman–Crippen MR) is 131 cm³/mol. The fraction of sp³-hybridized carbons (Fsp3) is 0.185. The number of hydrogen-bond donors (Lipinski definition) is 0. The van der Waals surface area contributed by atoms with Gasteiger partial charge in [-0.2, -0.15) is 0 Å². The molecule has 0 bridgehead atoms. The van der Waals surface area contributed by atoms with Gasteiger partial charge in [0, 0.05) is 22.5 Å². The van der Waals surface area contributed by atoms with Crippen molar-refractivity contribution in [3.05, 3.63) is 83.5 Å². The third-order valence-electron chi connectivity index (χ3n) is 5.62. The summed E-state index contributed by atoms with van der Waals surface area (Å²) in [5.74, 6) is 2.38. The molecule has 0 atom stereocenters. The van der Waals surface area contributed by atoms with E-state index in [0.29, 0.717) is 5.02 Å². The fourth-order valence-corrected chi connectivity index (χ4v) is 4.25. The molecule has 0 saturated carbocycles. The molecule has 0 aliphatic heterocycles. The van der Waals surface area contributed by atoms with Crippen LogP contribution in [0.2, 0.25) is 5.02 Å².